The molecule has 0 saturated carbocycles. The van der Waals surface area contributed by atoms with E-state index in [9.17, 15) is 9.59 Å². The summed E-state index contributed by atoms with van der Waals surface area (Å²) < 4.78 is 10.5. The number of ether oxygens (including phenoxy) is 2. The maximum absolute atomic E-state index is 12.1. The third kappa shape index (κ3) is 6.14. The highest BCUT2D eigenvalue weighted by molar-refractivity contribution is 7.17. The third-order valence-corrected chi connectivity index (χ3v) is 4.62. The normalized spacial score (nSPS) is 10.5. The van der Waals surface area contributed by atoms with Crippen LogP contribution < -0.4 is 21.1 Å². The summed E-state index contributed by atoms with van der Waals surface area (Å²) in [5.41, 5.74) is 6.74. The second-order valence-electron chi connectivity index (χ2n) is 5.81. The molecule has 0 aliphatic heterocycles. The van der Waals surface area contributed by atoms with E-state index in [2.05, 4.69) is 15.6 Å². The van der Waals surface area contributed by atoms with Crippen molar-refractivity contribution in [1.82, 2.24) is 10.3 Å². The van der Waals surface area contributed by atoms with Gasteiger partial charge in [-0.2, -0.15) is 0 Å². The van der Waals surface area contributed by atoms with Crippen molar-refractivity contribution in [2.75, 3.05) is 18.2 Å². The lowest BCUT2D eigenvalue weighted by molar-refractivity contribution is -0.139. The van der Waals surface area contributed by atoms with Crippen LogP contribution in [0.3, 0.4) is 0 Å². The molecule has 0 bridgehead atoms. The van der Waals surface area contributed by atoms with Gasteiger partial charge in [0.15, 0.2) is 5.13 Å². The standard InChI is InChI=1S/C18H24N4O4S/c1-4-12(5-2)21-18(24)22-13-6-7-14(11(8-13)9-15(23)25-3)26-16-10-20-17(19)27-16/h6-8,10,12H,4-5,9H2,1-3H3,(H2,19,20)(H2,21,22,24). The highest BCUT2D eigenvalue weighted by Crippen LogP contribution is 2.32. The maximum Gasteiger partial charge on any atom is 0.319 e. The molecule has 0 spiro atoms. The minimum absolute atomic E-state index is 0.00377. The number of rotatable bonds is 8. The number of carbonyl (C=O) groups excluding carboxylic acids is 2. The summed E-state index contributed by atoms with van der Waals surface area (Å²) in [4.78, 5) is 27.8. The van der Waals surface area contributed by atoms with Crippen molar-refractivity contribution in [2.45, 2.75) is 39.2 Å². The molecule has 4 N–H and O–H groups in total. The monoisotopic (exact) mass is 392 g/mol. The molecule has 2 amide bonds. The first-order valence-electron chi connectivity index (χ1n) is 8.61. The number of amides is 2. The molecule has 1 aromatic carbocycles. The summed E-state index contributed by atoms with van der Waals surface area (Å²) in [7, 11) is 1.32. The lowest BCUT2D eigenvalue weighted by atomic mass is 10.1. The number of benzene rings is 1. The van der Waals surface area contributed by atoms with E-state index in [4.69, 9.17) is 15.2 Å². The van der Waals surface area contributed by atoms with Gasteiger partial charge in [0.05, 0.1) is 19.7 Å². The molecular formula is C18H24N4O4S. The van der Waals surface area contributed by atoms with Gasteiger partial charge in [-0.15, -0.1) is 0 Å². The number of carbonyl (C=O) groups is 2. The lowest BCUT2D eigenvalue weighted by Crippen LogP contribution is -2.37. The number of nitrogens with zero attached hydrogens (tertiary/aromatic N) is 1. The molecule has 27 heavy (non-hydrogen) atoms. The van der Waals surface area contributed by atoms with Crippen molar-refractivity contribution in [3.05, 3.63) is 30.0 Å². The molecular weight excluding hydrogens is 368 g/mol. The molecule has 0 atom stereocenters. The highest BCUT2D eigenvalue weighted by atomic mass is 32.1. The number of anilines is 2. The average Bonchev–Trinajstić information content (AvgIpc) is 3.06. The van der Waals surface area contributed by atoms with Gasteiger partial charge >= 0.3 is 12.0 Å². The Morgan fingerprint density at radius 2 is 2.04 bits per heavy atom. The number of nitrogens with one attached hydrogen (secondary N) is 2. The van der Waals surface area contributed by atoms with E-state index in [1.807, 2.05) is 13.8 Å². The SMILES string of the molecule is CCC(CC)NC(=O)Nc1ccc(Oc2cnc(N)s2)c(CC(=O)OC)c1. The van der Waals surface area contributed by atoms with Gasteiger partial charge in [-0.3, -0.25) is 4.79 Å². The van der Waals surface area contributed by atoms with Crippen LogP contribution in [-0.4, -0.2) is 30.1 Å². The van der Waals surface area contributed by atoms with Crippen LogP contribution in [0, 0.1) is 0 Å². The lowest BCUT2D eigenvalue weighted by Gasteiger charge is -2.16. The summed E-state index contributed by atoms with van der Waals surface area (Å²) in [6.07, 6.45) is 3.21. The maximum atomic E-state index is 12.1. The Kier molecular flexibility index (Phi) is 7.42. The predicted octanol–water partition coefficient (Wildman–Crippen LogP) is 3.54. The number of aromatic nitrogens is 1. The topological polar surface area (TPSA) is 116 Å². The van der Waals surface area contributed by atoms with Crippen LogP contribution in [0.5, 0.6) is 10.8 Å². The minimum atomic E-state index is -0.415. The number of nitrogen functional groups attached to an aromatic ring is 1. The summed E-state index contributed by atoms with van der Waals surface area (Å²) in [6.45, 7) is 4.03. The van der Waals surface area contributed by atoms with E-state index in [0.29, 0.717) is 27.2 Å². The first kappa shape index (κ1) is 20.5. The van der Waals surface area contributed by atoms with E-state index in [1.165, 1.54) is 24.6 Å². The fourth-order valence-corrected chi connectivity index (χ4v) is 2.94. The van der Waals surface area contributed by atoms with Crippen LogP contribution in [0.15, 0.2) is 24.4 Å². The van der Waals surface area contributed by atoms with Gasteiger partial charge < -0.3 is 25.8 Å². The van der Waals surface area contributed by atoms with Crippen molar-refractivity contribution in [3.8, 4) is 10.8 Å². The van der Waals surface area contributed by atoms with E-state index >= 15 is 0 Å². The fraction of sp³-hybridized carbons (Fsp3) is 0.389. The smallest absolute Gasteiger partial charge is 0.319 e. The van der Waals surface area contributed by atoms with Crippen LogP contribution in [0.1, 0.15) is 32.3 Å². The van der Waals surface area contributed by atoms with Crippen molar-refractivity contribution in [1.29, 1.82) is 0 Å². The van der Waals surface area contributed by atoms with Crippen LogP contribution in [0.2, 0.25) is 0 Å². The van der Waals surface area contributed by atoms with Crippen LogP contribution in [-0.2, 0) is 16.0 Å². The first-order valence-corrected chi connectivity index (χ1v) is 9.43. The van der Waals surface area contributed by atoms with E-state index in [-0.39, 0.29) is 18.5 Å². The molecule has 0 unspecified atom stereocenters. The van der Waals surface area contributed by atoms with Gasteiger partial charge in [0.1, 0.15) is 5.75 Å². The Morgan fingerprint density at radius 3 is 2.63 bits per heavy atom. The summed E-state index contributed by atoms with van der Waals surface area (Å²) >= 11 is 1.19. The highest BCUT2D eigenvalue weighted by Gasteiger charge is 2.14. The number of hydrogen-bond donors (Lipinski definition) is 3. The van der Waals surface area contributed by atoms with E-state index < -0.39 is 5.97 Å². The van der Waals surface area contributed by atoms with E-state index in [1.54, 1.807) is 18.2 Å². The average molecular weight is 392 g/mol. The third-order valence-electron chi connectivity index (χ3n) is 3.91. The number of thiazole rings is 1. The van der Waals surface area contributed by atoms with Crippen molar-refractivity contribution < 1.29 is 19.1 Å². The molecule has 0 aliphatic rings. The Morgan fingerprint density at radius 1 is 1.30 bits per heavy atom. The zero-order chi connectivity index (χ0) is 19.8. The number of nitrogens with two attached hydrogens (primary N) is 1. The van der Waals surface area contributed by atoms with Gasteiger partial charge in [0, 0.05) is 17.3 Å². The molecule has 2 rings (SSSR count). The molecule has 9 heteroatoms. The molecule has 8 nitrogen and oxygen atoms in total. The number of esters is 1. The number of urea groups is 1. The number of hydrogen-bond acceptors (Lipinski definition) is 7. The van der Waals surface area contributed by atoms with Crippen LogP contribution in [0.25, 0.3) is 0 Å². The van der Waals surface area contributed by atoms with Gasteiger partial charge in [0.2, 0.25) is 5.06 Å². The first-order chi connectivity index (χ1) is 12.9. The van der Waals surface area contributed by atoms with Crippen LogP contribution in [0.4, 0.5) is 15.6 Å². The predicted molar refractivity (Wildman–Crippen MR) is 105 cm³/mol. The largest absolute Gasteiger partial charge is 0.469 e. The van der Waals surface area contributed by atoms with Gasteiger partial charge in [0.25, 0.3) is 0 Å². The molecule has 1 aromatic heterocycles. The second-order valence-corrected chi connectivity index (χ2v) is 6.83. The van der Waals surface area contributed by atoms with Crippen molar-refractivity contribution in [2.24, 2.45) is 0 Å². The van der Waals surface area contributed by atoms with Crippen molar-refractivity contribution in [3.63, 3.8) is 0 Å². The summed E-state index contributed by atoms with van der Waals surface area (Å²) in [5, 5.41) is 6.57. The molecule has 0 saturated heterocycles. The summed E-state index contributed by atoms with van der Waals surface area (Å²) in [5.74, 6) is 0.0531. The summed E-state index contributed by atoms with van der Waals surface area (Å²) in [6, 6.07) is 4.88. The van der Waals surface area contributed by atoms with Gasteiger partial charge in [-0.25, -0.2) is 9.78 Å². The molecule has 2 aromatic rings. The second kappa shape index (κ2) is 9.77. The Balaban J connectivity index is 2.18. The molecule has 0 radical (unpaired) electrons. The van der Waals surface area contributed by atoms with E-state index in [0.717, 1.165) is 12.8 Å². The quantitative estimate of drug-likeness (QED) is 0.592. The zero-order valence-corrected chi connectivity index (χ0v) is 16.4. The number of methoxy groups -OCH3 is 1. The van der Waals surface area contributed by atoms with Gasteiger partial charge in [-0.05, 0) is 31.0 Å². The Labute approximate surface area is 162 Å². The molecule has 1 heterocycles. The Hall–Kier alpha value is -2.81. The fourth-order valence-electron chi connectivity index (χ4n) is 2.40. The molecule has 146 valence electrons. The van der Waals surface area contributed by atoms with Crippen molar-refractivity contribution >= 4 is 34.2 Å². The Bertz CT molecular complexity index is 789. The molecule has 0 aliphatic carbocycles. The minimum Gasteiger partial charge on any atom is -0.469 e. The van der Waals surface area contributed by atoms with Gasteiger partial charge in [-0.1, -0.05) is 25.2 Å². The van der Waals surface area contributed by atoms with Crippen LogP contribution >= 0.6 is 11.3 Å². The molecule has 0 fully saturated rings. The zero-order valence-electron chi connectivity index (χ0n) is 15.6.